The van der Waals surface area contributed by atoms with Gasteiger partial charge in [-0.2, -0.15) is 0 Å². The van der Waals surface area contributed by atoms with Crippen molar-refractivity contribution in [3.8, 4) is 5.75 Å². The Hall–Kier alpha value is -4.09. The molecule has 3 aliphatic rings. The summed E-state index contributed by atoms with van der Waals surface area (Å²) in [7, 11) is -3.51. The van der Waals surface area contributed by atoms with Gasteiger partial charge in [-0.25, -0.2) is 18.4 Å². The second-order valence-electron chi connectivity index (χ2n) is 10.8. The molecule has 0 bridgehead atoms. The van der Waals surface area contributed by atoms with Gasteiger partial charge in [-0.05, 0) is 60.4 Å². The van der Waals surface area contributed by atoms with Gasteiger partial charge in [0.05, 0.1) is 48.2 Å². The highest BCUT2D eigenvalue weighted by atomic mass is 32.2. The van der Waals surface area contributed by atoms with Crippen molar-refractivity contribution in [1.29, 1.82) is 0 Å². The number of hydrogen-bond donors (Lipinski definition) is 1. The Kier molecular flexibility index (Phi) is 6.35. The Morgan fingerprint density at radius 2 is 1.98 bits per heavy atom. The van der Waals surface area contributed by atoms with Gasteiger partial charge < -0.3 is 19.7 Å². The Morgan fingerprint density at radius 3 is 2.83 bits per heavy atom. The average Bonchev–Trinajstić information content (AvgIpc) is 3.75. The van der Waals surface area contributed by atoms with E-state index < -0.39 is 9.84 Å². The van der Waals surface area contributed by atoms with Gasteiger partial charge in [0.15, 0.2) is 21.4 Å². The van der Waals surface area contributed by atoms with Crippen molar-refractivity contribution in [3.63, 3.8) is 0 Å². The summed E-state index contributed by atoms with van der Waals surface area (Å²) >= 11 is 0. The van der Waals surface area contributed by atoms with Crippen LogP contribution in [0.4, 0.5) is 11.6 Å². The Morgan fingerprint density at radius 1 is 1.10 bits per heavy atom. The van der Waals surface area contributed by atoms with E-state index in [-0.39, 0.29) is 41.9 Å². The van der Waals surface area contributed by atoms with Crippen molar-refractivity contribution in [2.75, 3.05) is 30.4 Å². The minimum absolute atomic E-state index is 0.103. The molecule has 3 aromatic heterocycles. The van der Waals surface area contributed by atoms with Gasteiger partial charge >= 0.3 is 0 Å². The van der Waals surface area contributed by atoms with E-state index >= 15 is 0 Å². The van der Waals surface area contributed by atoms with Crippen molar-refractivity contribution in [1.82, 2.24) is 20.3 Å². The maximum absolute atomic E-state index is 12.9. The van der Waals surface area contributed by atoms with Crippen LogP contribution in [0.25, 0.3) is 10.9 Å². The van der Waals surface area contributed by atoms with Crippen LogP contribution < -0.4 is 15.0 Å². The smallest absolute Gasteiger partial charge is 0.251 e. The quantitative estimate of drug-likeness (QED) is 0.380. The molecule has 0 unspecified atom stereocenters. The lowest BCUT2D eigenvalue weighted by atomic mass is 10.1. The van der Waals surface area contributed by atoms with Gasteiger partial charge in [-0.15, -0.1) is 0 Å². The maximum Gasteiger partial charge on any atom is 0.251 e. The topological polar surface area (TPSA) is 124 Å². The van der Waals surface area contributed by atoms with Gasteiger partial charge in [0.25, 0.3) is 5.91 Å². The summed E-state index contributed by atoms with van der Waals surface area (Å²) < 4.78 is 36.5. The van der Waals surface area contributed by atoms with E-state index in [1.807, 2.05) is 24.3 Å². The fraction of sp³-hybridized carbons (Fsp3) is 0.333. The molecule has 5 heterocycles. The number of pyridine rings is 3. The molecule has 2 aliphatic heterocycles. The fourth-order valence-corrected chi connectivity index (χ4v) is 6.80. The summed E-state index contributed by atoms with van der Waals surface area (Å²) in [4.78, 5) is 29.5. The molecule has 1 fully saturated rings. The van der Waals surface area contributed by atoms with Crippen molar-refractivity contribution in [2.24, 2.45) is 5.92 Å². The molecule has 210 valence electrons. The van der Waals surface area contributed by atoms with Gasteiger partial charge in [0.1, 0.15) is 12.4 Å². The molecule has 0 spiro atoms. The SMILES string of the molecule is C[C@@H]1C[C@@H]1c1ccc2c(n1)N(c1ccc3cnc(CNC(=O)c4ccc5c(c4)S(=O)(=O)CCOC5)cc3n1)CCO2. The maximum atomic E-state index is 12.9. The highest BCUT2D eigenvalue weighted by Gasteiger charge is 2.36. The van der Waals surface area contributed by atoms with Crippen LogP contribution in [0.3, 0.4) is 0 Å². The highest BCUT2D eigenvalue weighted by molar-refractivity contribution is 7.91. The molecule has 1 aliphatic carbocycles. The van der Waals surface area contributed by atoms with Gasteiger partial charge in [0.2, 0.25) is 0 Å². The standard InChI is InChI=1S/C30H29N5O5S/c1-18-12-23(18)24-5-6-26-29(34-24)35(8-9-40-26)28-7-4-20-15-31-22(14-25(20)33-28)16-32-30(36)19-2-3-21-17-39-10-11-41(37,38)27(21)13-19/h2-7,13-15,18,23H,8-12,16-17H2,1H3,(H,32,36)/t18-,23+/m1/s1. The molecule has 0 saturated heterocycles. The zero-order chi connectivity index (χ0) is 28.1. The van der Waals surface area contributed by atoms with Crippen LogP contribution in [0, 0.1) is 5.92 Å². The number of nitrogens with zero attached hydrogens (tertiary/aromatic N) is 4. The minimum Gasteiger partial charge on any atom is -0.488 e. The number of nitrogens with one attached hydrogen (secondary N) is 1. The first-order chi connectivity index (χ1) is 19.9. The van der Waals surface area contributed by atoms with Crippen LogP contribution in [0.2, 0.25) is 0 Å². The zero-order valence-electron chi connectivity index (χ0n) is 22.5. The van der Waals surface area contributed by atoms with E-state index in [0.29, 0.717) is 36.2 Å². The Bertz CT molecular complexity index is 1790. The summed E-state index contributed by atoms with van der Waals surface area (Å²) in [5.41, 5.74) is 3.31. The number of benzene rings is 1. The summed E-state index contributed by atoms with van der Waals surface area (Å²) in [6.07, 6.45) is 2.90. The number of carbonyl (C=O) groups excluding carboxylic acids is 1. The van der Waals surface area contributed by atoms with Gasteiger partial charge in [-0.1, -0.05) is 13.0 Å². The summed E-state index contributed by atoms with van der Waals surface area (Å²) in [6.45, 7) is 3.93. The van der Waals surface area contributed by atoms with Crippen molar-refractivity contribution in [3.05, 3.63) is 77.2 Å². The van der Waals surface area contributed by atoms with Crippen LogP contribution in [-0.2, 0) is 27.7 Å². The van der Waals surface area contributed by atoms with Crippen LogP contribution in [0.1, 0.15) is 46.6 Å². The molecule has 4 aromatic rings. The molecule has 1 saturated carbocycles. The number of carbonyl (C=O) groups is 1. The van der Waals surface area contributed by atoms with Crippen LogP contribution in [-0.4, -0.2) is 54.8 Å². The number of ether oxygens (including phenoxy) is 2. The number of fused-ring (bicyclic) bond motifs is 3. The number of hydrogen-bond acceptors (Lipinski definition) is 9. The molecule has 0 radical (unpaired) electrons. The third-order valence-electron chi connectivity index (χ3n) is 7.92. The number of aromatic nitrogens is 3. The van der Waals surface area contributed by atoms with Crippen LogP contribution >= 0.6 is 0 Å². The first-order valence-corrected chi connectivity index (χ1v) is 15.4. The fourth-order valence-electron chi connectivity index (χ4n) is 5.41. The monoisotopic (exact) mass is 571 g/mol. The molecule has 11 heteroatoms. The molecular formula is C30H29N5O5S. The predicted octanol–water partition coefficient (Wildman–Crippen LogP) is 3.91. The highest BCUT2D eigenvalue weighted by Crippen LogP contribution is 2.47. The van der Waals surface area contributed by atoms with Crippen molar-refractivity contribution >= 4 is 38.3 Å². The normalized spacial score (nSPS) is 20.9. The number of rotatable bonds is 5. The Balaban J connectivity index is 1.11. The molecule has 10 nitrogen and oxygen atoms in total. The van der Waals surface area contributed by atoms with Crippen molar-refractivity contribution < 1.29 is 22.7 Å². The predicted molar refractivity (Wildman–Crippen MR) is 152 cm³/mol. The average molecular weight is 572 g/mol. The van der Waals surface area contributed by atoms with E-state index in [9.17, 15) is 13.2 Å². The third-order valence-corrected chi connectivity index (χ3v) is 9.67. The lowest BCUT2D eigenvalue weighted by Gasteiger charge is -2.29. The molecule has 41 heavy (non-hydrogen) atoms. The summed E-state index contributed by atoms with van der Waals surface area (Å²) in [5, 5.41) is 3.73. The molecule has 7 rings (SSSR count). The van der Waals surface area contributed by atoms with E-state index in [1.54, 1.807) is 18.3 Å². The van der Waals surface area contributed by atoms with Gasteiger partial charge in [0, 0.05) is 28.8 Å². The number of amides is 1. The lowest BCUT2D eigenvalue weighted by molar-refractivity contribution is 0.0950. The van der Waals surface area contributed by atoms with Crippen LogP contribution in [0.15, 0.2) is 59.6 Å². The van der Waals surface area contributed by atoms with Crippen LogP contribution in [0.5, 0.6) is 5.75 Å². The van der Waals surface area contributed by atoms with E-state index in [4.69, 9.17) is 19.4 Å². The molecule has 1 aromatic carbocycles. The lowest BCUT2D eigenvalue weighted by Crippen LogP contribution is -2.30. The largest absolute Gasteiger partial charge is 0.488 e. The zero-order valence-corrected chi connectivity index (χ0v) is 23.4. The van der Waals surface area contributed by atoms with Gasteiger partial charge in [-0.3, -0.25) is 9.78 Å². The molecule has 1 amide bonds. The number of sulfone groups is 1. The summed E-state index contributed by atoms with van der Waals surface area (Å²) in [6, 6.07) is 14.6. The Labute approximate surface area is 237 Å². The van der Waals surface area contributed by atoms with E-state index in [0.717, 1.165) is 40.4 Å². The first-order valence-electron chi connectivity index (χ1n) is 13.7. The van der Waals surface area contributed by atoms with Crippen molar-refractivity contribution in [2.45, 2.75) is 37.3 Å². The van der Waals surface area contributed by atoms with E-state index in [2.05, 4.69) is 28.2 Å². The third kappa shape index (κ3) is 5.00. The molecular weight excluding hydrogens is 542 g/mol. The minimum atomic E-state index is -3.51. The van der Waals surface area contributed by atoms with E-state index in [1.165, 1.54) is 6.07 Å². The summed E-state index contributed by atoms with van der Waals surface area (Å²) in [5.74, 6) is 2.99. The number of anilines is 2. The second-order valence-corrected chi connectivity index (χ2v) is 12.9. The molecule has 2 atom stereocenters. The molecule has 1 N–H and O–H groups in total. The second kappa shape index (κ2) is 10.1. The first kappa shape index (κ1) is 25.8.